The molecular weight excluding hydrogens is 247 g/mol. The van der Waals surface area contributed by atoms with Crippen LogP contribution in [0.15, 0.2) is 18.2 Å². The van der Waals surface area contributed by atoms with Gasteiger partial charge in [-0.25, -0.2) is 0 Å². The number of hydrogen-bond acceptors (Lipinski definition) is 2. The van der Waals surface area contributed by atoms with Gasteiger partial charge in [0.1, 0.15) is 0 Å². The van der Waals surface area contributed by atoms with Crippen molar-refractivity contribution in [3.8, 4) is 0 Å². The molecule has 90 valence electrons. The molecule has 0 saturated carbocycles. The first-order valence-electron chi connectivity index (χ1n) is 5.23. The molecule has 4 heteroatoms. The first kappa shape index (κ1) is 13.8. The second kappa shape index (κ2) is 5.87. The van der Waals surface area contributed by atoms with Crippen LogP contribution in [0.3, 0.4) is 0 Å². The van der Waals surface area contributed by atoms with Crippen LogP contribution in [0.2, 0.25) is 10.0 Å². The predicted molar refractivity (Wildman–Crippen MR) is 67.2 cm³/mol. The highest BCUT2D eigenvalue weighted by Crippen LogP contribution is 2.28. The fourth-order valence-corrected chi connectivity index (χ4v) is 1.82. The Labute approximate surface area is 106 Å². The molecule has 1 rings (SSSR count). The lowest BCUT2D eigenvalue weighted by Crippen LogP contribution is -2.24. The SMILES string of the molecule is CC(CC(O)C(C)O)c1ccc(Cl)c(Cl)c1. The molecule has 0 heterocycles. The van der Waals surface area contributed by atoms with Gasteiger partial charge in [0, 0.05) is 0 Å². The minimum atomic E-state index is -0.718. The summed E-state index contributed by atoms with van der Waals surface area (Å²) >= 11 is 11.7. The van der Waals surface area contributed by atoms with Crippen LogP contribution in [0.4, 0.5) is 0 Å². The summed E-state index contributed by atoms with van der Waals surface area (Å²) < 4.78 is 0. The van der Waals surface area contributed by atoms with Gasteiger partial charge in [0.25, 0.3) is 0 Å². The van der Waals surface area contributed by atoms with Crippen molar-refractivity contribution in [3.05, 3.63) is 33.8 Å². The Bertz CT molecular complexity index is 353. The third-order valence-electron chi connectivity index (χ3n) is 2.66. The Morgan fingerprint density at radius 3 is 2.25 bits per heavy atom. The molecule has 0 saturated heterocycles. The lowest BCUT2D eigenvalue weighted by atomic mass is 9.93. The van der Waals surface area contributed by atoms with E-state index in [1.165, 1.54) is 0 Å². The zero-order chi connectivity index (χ0) is 12.3. The average molecular weight is 263 g/mol. The van der Waals surface area contributed by atoms with E-state index in [-0.39, 0.29) is 5.92 Å². The van der Waals surface area contributed by atoms with E-state index in [4.69, 9.17) is 23.2 Å². The van der Waals surface area contributed by atoms with E-state index < -0.39 is 12.2 Å². The van der Waals surface area contributed by atoms with Gasteiger partial charge in [0.2, 0.25) is 0 Å². The summed E-state index contributed by atoms with van der Waals surface area (Å²) in [7, 11) is 0. The molecule has 3 atom stereocenters. The van der Waals surface area contributed by atoms with Crippen molar-refractivity contribution < 1.29 is 10.2 Å². The van der Waals surface area contributed by atoms with Crippen LogP contribution >= 0.6 is 23.2 Å². The van der Waals surface area contributed by atoms with Crippen LogP contribution in [0, 0.1) is 0 Å². The van der Waals surface area contributed by atoms with E-state index in [1.54, 1.807) is 19.1 Å². The van der Waals surface area contributed by atoms with Crippen molar-refractivity contribution in [2.24, 2.45) is 0 Å². The molecule has 2 N–H and O–H groups in total. The fraction of sp³-hybridized carbons (Fsp3) is 0.500. The number of hydrogen-bond donors (Lipinski definition) is 2. The van der Waals surface area contributed by atoms with E-state index in [0.29, 0.717) is 16.5 Å². The predicted octanol–water partition coefficient (Wildman–Crippen LogP) is 3.23. The zero-order valence-corrected chi connectivity index (χ0v) is 10.8. The maximum Gasteiger partial charge on any atom is 0.0802 e. The van der Waals surface area contributed by atoms with Crippen molar-refractivity contribution in [1.82, 2.24) is 0 Å². The summed E-state index contributed by atoms with van der Waals surface area (Å²) in [5.41, 5.74) is 1.01. The van der Waals surface area contributed by atoms with Gasteiger partial charge < -0.3 is 10.2 Å². The van der Waals surface area contributed by atoms with E-state index in [0.717, 1.165) is 5.56 Å². The van der Waals surface area contributed by atoms with Gasteiger partial charge >= 0.3 is 0 Å². The second-order valence-electron chi connectivity index (χ2n) is 4.12. The van der Waals surface area contributed by atoms with E-state index in [9.17, 15) is 10.2 Å². The van der Waals surface area contributed by atoms with Crippen molar-refractivity contribution in [1.29, 1.82) is 0 Å². The first-order valence-corrected chi connectivity index (χ1v) is 5.98. The highest BCUT2D eigenvalue weighted by molar-refractivity contribution is 6.42. The molecule has 2 nitrogen and oxygen atoms in total. The smallest absolute Gasteiger partial charge is 0.0802 e. The molecule has 0 bridgehead atoms. The summed E-state index contributed by atoms with van der Waals surface area (Å²) in [5.74, 6) is 0.124. The largest absolute Gasteiger partial charge is 0.391 e. The summed E-state index contributed by atoms with van der Waals surface area (Å²) in [6, 6.07) is 5.42. The Hall–Kier alpha value is -0.280. The highest BCUT2D eigenvalue weighted by Gasteiger charge is 2.16. The minimum absolute atomic E-state index is 0.124. The lowest BCUT2D eigenvalue weighted by molar-refractivity contribution is 0.0227. The molecule has 0 aromatic heterocycles. The lowest BCUT2D eigenvalue weighted by Gasteiger charge is -2.19. The molecule has 16 heavy (non-hydrogen) atoms. The molecule has 0 spiro atoms. The zero-order valence-electron chi connectivity index (χ0n) is 9.32. The van der Waals surface area contributed by atoms with Crippen LogP contribution in [-0.2, 0) is 0 Å². The van der Waals surface area contributed by atoms with Gasteiger partial charge in [0.15, 0.2) is 0 Å². The Morgan fingerprint density at radius 2 is 1.75 bits per heavy atom. The summed E-state index contributed by atoms with van der Waals surface area (Å²) in [5, 5.41) is 19.8. The van der Waals surface area contributed by atoms with Gasteiger partial charge in [-0.05, 0) is 37.0 Å². The van der Waals surface area contributed by atoms with Crippen molar-refractivity contribution >= 4 is 23.2 Å². The third kappa shape index (κ3) is 3.63. The van der Waals surface area contributed by atoms with Crippen LogP contribution in [0.1, 0.15) is 31.7 Å². The maximum atomic E-state index is 9.57. The monoisotopic (exact) mass is 262 g/mol. The molecule has 1 aromatic rings. The van der Waals surface area contributed by atoms with Gasteiger partial charge in [-0.2, -0.15) is 0 Å². The van der Waals surface area contributed by atoms with Gasteiger partial charge in [-0.1, -0.05) is 36.2 Å². The second-order valence-corrected chi connectivity index (χ2v) is 4.93. The van der Waals surface area contributed by atoms with Crippen molar-refractivity contribution in [2.45, 2.75) is 38.4 Å². The standard InChI is InChI=1S/C12H16Cl2O2/c1-7(5-12(16)8(2)15)9-3-4-10(13)11(14)6-9/h3-4,6-8,12,15-16H,5H2,1-2H3. The Kier molecular flexibility index (Phi) is 5.06. The summed E-state index contributed by atoms with van der Waals surface area (Å²) in [4.78, 5) is 0. The minimum Gasteiger partial charge on any atom is -0.391 e. The van der Waals surface area contributed by atoms with Crippen molar-refractivity contribution in [3.63, 3.8) is 0 Å². The van der Waals surface area contributed by atoms with Gasteiger partial charge in [-0.3, -0.25) is 0 Å². The molecule has 3 unspecified atom stereocenters. The number of rotatable bonds is 4. The number of aliphatic hydroxyl groups is 2. The van der Waals surface area contributed by atoms with Crippen LogP contribution < -0.4 is 0 Å². The van der Waals surface area contributed by atoms with Crippen LogP contribution in [-0.4, -0.2) is 22.4 Å². The van der Waals surface area contributed by atoms with E-state index in [1.807, 2.05) is 13.0 Å². The highest BCUT2D eigenvalue weighted by atomic mass is 35.5. The van der Waals surface area contributed by atoms with Crippen LogP contribution in [0.25, 0.3) is 0 Å². The average Bonchev–Trinajstić information content (AvgIpc) is 2.21. The molecular formula is C12H16Cl2O2. The number of benzene rings is 1. The molecule has 0 radical (unpaired) electrons. The molecule has 1 aromatic carbocycles. The molecule has 0 aliphatic heterocycles. The van der Waals surface area contributed by atoms with Crippen molar-refractivity contribution in [2.75, 3.05) is 0 Å². The van der Waals surface area contributed by atoms with Gasteiger partial charge in [0.05, 0.1) is 22.3 Å². The summed E-state index contributed by atoms with van der Waals surface area (Å²) in [6.45, 7) is 3.55. The Balaban J connectivity index is 2.73. The maximum absolute atomic E-state index is 9.57. The number of aliphatic hydroxyl groups excluding tert-OH is 2. The first-order chi connectivity index (χ1) is 7.41. The molecule has 0 aliphatic carbocycles. The third-order valence-corrected chi connectivity index (χ3v) is 3.40. The topological polar surface area (TPSA) is 40.5 Å². The quantitative estimate of drug-likeness (QED) is 0.875. The fourth-order valence-electron chi connectivity index (χ4n) is 1.51. The molecule has 0 fully saturated rings. The summed E-state index contributed by atoms with van der Waals surface area (Å²) in [6.07, 6.45) is -0.940. The number of halogens is 2. The van der Waals surface area contributed by atoms with Gasteiger partial charge in [-0.15, -0.1) is 0 Å². The van der Waals surface area contributed by atoms with Crippen LogP contribution in [0.5, 0.6) is 0 Å². The van der Waals surface area contributed by atoms with E-state index in [2.05, 4.69) is 0 Å². The Morgan fingerprint density at radius 1 is 1.12 bits per heavy atom. The van der Waals surface area contributed by atoms with E-state index >= 15 is 0 Å². The molecule has 0 amide bonds. The molecule has 0 aliphatic rings. The normalized spacial score (nSPS) is 16.9.